The highest BCUT2D eigenvalue weighted by molar-refractivity contribution is 5.92. The Labute approximate surface area is 65.5 Å². The molecule has 0 heterocycles. The molecule has 1 rings (SSSR count). The smallest absolute Gasteiger partial charge is 0.335 e. The first-order valence-corrected chi connectivity index (χ1v) is 3.51. The van der Waals surface area contributed by atoms with E-state index >= 15 is 0 Å². The molecule has 0 saturated heterocycles. The van der Waals surface area contributed by atoms with Crippen LogP contribution in [0.1, 0.15) is 12.8 Å². The molecule has 0 bridgehead atoms. The lowest BCUT2D eigenvalue weighted by Gasteiger charge is -2.05. The first kappa shape index (κ1) is 7.79. The third kappa shape index (κ3) is 1.80. The van der Waals surface area contributed by atoms with Gasteiger partial charge in [0.05, 0.1) is 5.57 Å². The number of carbonyl (C=O) groups is 1. The summed E-state index contributed by atoms with van der Waals surface area (Å²) in [5.74, 6) is -0.942. The van der Waals surface area contributed by atoms with E-state index < -0.39 is 5.97 Å². The normalized spacial score (nSPS) is 15.8. The van der Waals surface area contributed by atoms with E-state index in [9.17, 15) is 4.79 Å². The molecule has 0 amide bonds. The van der Waals surface area contributed by atoms with E-state index in [2.05, 4.69) is 6.58 Å². The van der Waals surface area contributed by atoms with Crippen molar-refractivity contribution in [2.75, 3.05) is 0 Å². The van der Waals surface area contributed by atoms with Gasteiger partial charge in [-0.05, 0) is 18.4 Å². The summed E-state index contributed by atoms with van der Waals surface area (Å²) in [5.41, 5.74) is 0.921. The Kier molecular flexibility index (Phi) is 2.26. The molecule has 58 valence electrons. The van der Waals surface area contributed by atoms with Crippen LogP contribution in [0.25, 0.3) is 0 Å². The molecule has 0 aromatic heterocycles. The van der Waals surface area contributed by atoms with Crippen LogP contribution >= 0.6 is 0 Å². The van der Waals surface area contributed by atoms with Crippen LogP contribution in [0.4, 0.5) is 0 Å². The summed E-state index contributed by atoms with van der Waals surface area (Å²) >= 11 is 0. The van der Waals surface area contributed by atoms with Gasteiger partial charge in [-0.1, -0.05) is 24.8 Å². The van der Waals surface area contributed by atoms with Crippen molar-refractivity contribution in [3.63, 3.8) is 0 Å². The highest BCUT2D eigenvalue weighted by Crippen LogP contribution is 2.16. The van der Waals surface area contributed by atoms with Crippen molar-refractivity contribution in [3.05, 3.63) is 36.0 Å². The second-order valence-electron chi connectivity index (χ2n) is 2.42. The molecule has 0 aliphatic heterocycles. The minimum Gasteiger partial charge on any atom is -0.478 e. The summed E-state index contributed by atoms with van der Waals surface area (Å²) in [6, 6.07) is 0. The lowest BCUT2D eigenvalue weighted by Crippen LogP contribution is -2.01. The third-order valence-corrected chi connectivity index (χ3v) is 1.60. The minimum atomic E-state index is -0.942. The van der Waals surface area contributed by atoms with E-state index in [-0.39, 0.29) is 5.57 Å². The van der Waals surface area contributed by atoms with Crippen molar-refractivity contribution in [2.45, 2.75) is 12.8 Å². The molecule has 2 heteroatoms. The summed E-state index contributed by atoms with van der Waals surface area (Å²) in [6.45, 7) is 3.46. The van der Waals surface area contributed by atoms with Crippen molar-refractivity contribution >= 4 is 5.97 Å². The molecule has 0 radical (unpaired) electrons. The highest BCUT2D eigenvalue weighted by atomic mass is 16.4. The first-order valence-electron chi connectivity index (χ1n) is 3.51. The van der Waals surface area contributed by atoms with Gasteiger partial charge in [0.25, 0.3) is 0 Å². The van der Waals surface area contributed by atoms with Crippen LogP contribution in [0.5, 0.6) is 0 Å². The first-order chi connectivity index (χ1) is 5.22. The maximum Gasteiger partial charge on any atom is 0.335 e. The lowest BCUT2D eigenvalue weighted by atomic mass is 10.0. The third-order valence-electron chi connectivity index (χ3n) is 1.60. The van der Waals surface area contributed by atoms with Gasteiger partial charge in [-0.3, -0.25) is 0 Å². The van der Waals surface area contributed by atoms with E-state index in [1.807, 2.05) is 12.2 Å². The predicted octanol–water partition coefficient (Wildman–Crippen LogP) is 1.90. The number of rotatable bonds is 2. The van der Waals surface area contributed by atoms with Gasteiger partial charge in [0.15, 0.2) is 0 Å². The molecule has 0 fully saturated rings. The number of hydrogen-bond donors (Lipinski definition) is 1. The topological polar surface area (TPSA) is 37.3 Å². The Morgan fingerprint density at radius 3 is 2.73 bits per heavy atom. The van der Waals surface area contributed by atoms with Crippen LogP contribution in [-0.2, 0) is 4.79 Å². The number of aliphatic carboxylic acids is 1. The van der Waals surface area contributed by atoms with E-state index in [0.717, 1.165) is 18.4 Å². The molecule has 11 heavy (non-hydrogen) atoms. The van der Waals surface area contributed by atoms with Gasteiger partial charge in [-0.15, -0.1) is 0 Å². The van der Waals surface area contributed by atoms with Gasteiger partial charge < -0.3 is 5.11 Å². The van der Waals surface area contributed by atoms with E-state index in [1.54, 1.807) is 6.08 Å². The predicted molar refractivity (Wildman–Crippen MR) is 43.2 cm³/mol. The van der Waals surface area contributed by atoms with Crippen molar-refractivity contribution in [2.24, 2.45) is 0 Å². The van der Waals surface area contributed by atoms with Crippen molar-refractivity contribution in [3.8, 4) is 0 Å². The fourth-order valence-electron chi connectivity index (χ4n) is 0.961. The average Bonchev–Trinajstić information content (AvgIpc) is 2.05. The summed E-state index contributed by atoms with van der Waals surface area (Å²) in [7, 11) is 0. The summed E-state index contributed by atoms with van der Waals surface area (Å²) in [6.07, 6.45) is 7.58. The second-order valence-corrected chi connectivity index (χ2v) is 2.42. The van der Waals surface area contributed by atoms with Crippen molar-refractivity contribution < 1.29 is 9.90 Å². The molecule has 0 spiro atoms. The van der Waals surface area contributed by atoms with Gasteiger partial charge >= 0.3 is 5.97 Å². The molecule has 0 saturated carbocycles. The van der Waals surface area contributed by atoms with E-state index in [0.29, 0.717) is 0 Å². The number of allylic oxidation sites excluding steroid dienone is 3. The highest BCUT2D eigenvalue weighted by Gasteiger charge is 2.08. The van der Waals surface area contributed by atoms with Crippen LogP contribution in [0.15, 0.2) is 36.0 Å². The van der Waals surface area contributed by atoms with E-state index in [4.69, 9.17) is 5.11 Å². The van der Waals surface area contributed by atoms with Gasteiger partial charge in [0.1, 0.15) is 0 Å². The van der Waals surface area contributed by atoms with Gasteiger partial charge in [-0.25, -0.2) is 4.79 Å². The standard InChI is InChI=1S/C9H10O2/c1-7(9(10)11)8-5-3-2-4-6-8/h3,5-6H,1-2,4H2,(H,10,11). The largest absolute Gasteiger partial charge is 0.478 e. The monoisotopic (exact) mass is 150 g/mol. The number of carboxylic acids is 1. The van der Waals surface area contributed by atoms with Crippen LogP contribution in [0.3, 0.4) is 0 Å². The Morgan fingerprint density at radius 2 is 2.27 bits per heavy atom. The molecular weight excluding hydrogens is 140 g/mol. The quantitative estimate of drug-likeness (QED) is 0.610. The fraction of sp³-hybridized carbons (Fsp3) is 0.222. The maximum absolute atomic E-state index is 10.4. The maximum atomic E-state index is 10.4. The average molecular weight is 150 g/mol. The lowest BCUT2D eigenvalue weighted by molar-refractivity contribution is -0.132. The Hall–Kier alpha value is -1.31. The Balaban J connectivity index is 2.75. The molecule has 0 atom stereocenters. The molecule has 1 aliphatic carbocycles. The zero-order valence-electron chi connectivity index (χ0n) is 6.21. The van der Waals surface area contributed by atoms with Crippen molar-refractivity contribution in [1.82, 2.24) is 0 Å². The molecule has 0 aromatic carbocycles. The number of hydrogen-bond acceptors (Lipinski definition) is 1. The van der Waals surface area contributed by atoms with E-state index in [1.165, 1.54) is 0 Å². The molecule has 2 nitrogen and oxygen atoms in total. The minimum absolute atomic E-state index is 0.181. The van der Waals surface area contributed by atoms with Gasteiger partial charge in [0.2, 0.25) is 0 Å². The molecule has 1 aliphatic rings. The van der Waals surface area contributed by atoms with Crippen molar-refractivity contribution in [1.29, 1.82) is 0 Å². The zero-order valence-corrected chi connectivity index (χ0v) is 6.21. The second kappa shape index (κ2) is 3.19. The number of carboxylic acid groups (broad SMARTS) is 1. The van der Waals surface area contributed by atoms with Gasteiger partial charge in [0, 0.05) is 0 Å². The SMILES string of the molecule is C=C(C(=O)O)C1=CCCC=C1. The molecule has 0 aromatic rings. The summed E-state index contributed by atoms with van der Waals surface area (Å²) < 4.78 is 0. The van der Waals surface area contributed by atoms with Gasteiger partial charge in [-0.2, -0.15) is 0 Å². The summed E-state index contributed by atoms with van der Waals surface area (Å²) in [5, 5.41) is 8.56. The molecule has 1 N–H and O–H groups in total. The van der Waals surface area contributed by atoms with Crippen LogP contribution in [0, 0.1) is 0 Å². The molecular formula is C9H10O2. The van der Waals surface area contributed by atoms with Crippen LogP contribution in [0.2, 0.25) is 0 Å². The van der Waals surface area contributed by atoms with Crippen LogP contribution in [-0.4, -0.2) is 11.1 Å². The Bertz CT molecular complexity index is 246. The fourth-order valence-corrected chi connectivity index (χ4v) is 0.961. The Morgan fingerprint density at radius 1 is 1.55 bits per heavy atom. The zero-order chi connectivity index (χ0) is 8.27. The summed E-state index contributed by atoms with van der Waals surface area (Å²) in [4.78, 5) is 10.4. The molecule has 0 unspecified atom stereocenters. The van der Waals surface area contributed by atoms with Crippen LogP contribution < -0.4 is 0 Å².